The van der Waals surface area contributed by atoms with E-state index in [1.54, 1.807) is 29.5 Å². The summed E-state index contributed by atoms with van der Waals surface area (Å²) in [5.74, 6) is 0. The molecule has 0 bridgehead atoms. The van der Waals surface area contributed by atoms with Crippen LogP contribution in [0.1, 0.15) is 42.5 Å². The maximum Gasteiger partial charge on any atom is 0.322 e. The van der Waals surface area contributed by atoms with Gasteiger partial charge in [0.15, 0.2) is 5.66 Å². The van der Waals surface area contributed by atoms with Gasteiger partial charge in [-0.05, 0) is 56.6 Å². The van der Waals surface area contributed by atoms with Crippen molar-refractivity contribution in [3.05, 3.63) is 50.1 Å². The predicted molar refractivity (Wildman–Crippen MR) is 170 cm³/mol. The van der Waals surface area contributed by atoms with Crippen LogP contribution >= 0.6 is 34.5 Å². The van der Waals surface area contributed by atoms with Crippen LogP contribution in [0, 0.1) is 0 Å². The van der Waals surface area contributed by atoms with Crippen molar-refractivity contribution in [2.45, 2.75) is 62.9 Å². The van der Waals surface area contributed by atoms with E-state index in [1.807, 2.05) is 16.3 Å². The average Bonchev–Trinajstić information content (AvgIpc) is 3.47. The molecular weight excluding hydrogens is 623 g/mol. The summed E-state index contributed by atoms with van der Waals surface area (Å²) in [6, 6.07) is 7.15. The van der Waals surface area contributed by atoms with Gasteiger partial charge in [-0.3, -0.25) is 9.38 Å². The highest BCUT2D eigenvalue weighted by Gasteiger charge is 2.61. The number of carbonyl (C=O) groups excluding carboxylic acids is 3. The number of nitrogens with zero attached hydrogens (tertiary/aromatic N) is 5. The van der Waals surface area contributed by atoms with E-state index < -0.39 is 16.2 Å². The van der Waals surface area contributed by atoms with E-state index in [0.29, 0.717) is 54.1 Å². The fraction of sp³-hybridized carbons (Fsp3) is 0.581. The molecule has 238 valence electrons. The number of carboxylic acid groups (broad SMARTS) is 1. The Morgan fingerprint density at radius 1 is 1.09 bits per heavy atom. The number of halogens is 2. The molecule has 3 saturated heterocycles. The van der Waals surface area contributed by atoms with Crippen molar-refractivity contribution in [3.8, 4) is 0 Å². The van der Waals surface area contributed by atoms with Crippen LogP contribution in [-0.4, -0.2) is 113 Å². The van der Waals surface area contributed by atoms with Crippen LogP contribution in [-0.2, 0) is 17.9 Å². The second kappa shape index (κ2) is 12.9. The van der Waals surface area contributed by atoms with E-state index in [-0.39, 0.29) is 31.6 Å². The van der Waals surface area contributed by atoms with Crippen molar-refractivity contribution in [1.82, 2.24) is 19.6 Å². The van der Waals surface area contributed by atoms with E-state index in [4.69, 9.17) is 23.2 Å². The Labute approximate surface area is 272 Å². The maximum absolute atomic E-state index is 13.5. The highest BCUT2D eigenvalue weighted by Crippen LogP contribution is 2.46. The van der Waals surface area contributed by atoms with Gasteiger partial charge >= 0.3 is 6.03 Å². The van der Waals surface area contributed by atoms with Crippen LogP contribution in [0.15, 0.2) is 29.6 Å². The number of rotatable bonds is 7. The number of quaternary nitrogens is 1. The first kappa shape index (κ1) is 31.7. The van der Waals surface area contributed by atoms with E-state index in [2.05, 4.69) is 27.1 Å². The largest absolute Gasteiger partial charge is 0.498 e. The summed E-state index contributed by atoms with van der Waals surface area (Å²) in [6.45, 7) is 5.74. The van der Waals surface area contributed by atoms with Gasteiger partial charge in [-0.15, -0.1) is 11.3 Å². The number of piperazine rings is 1. The van der Waals surface area contributed by atoms with Crippen LogP contribution in [0.3, 0.4) is 0 Å². The van der Waals surface area contributed by atoms with Crippen LogP contribution < -0.4 is 10.4 Å². The lowest BCUT2D eigenvalue weighted by Crippen LogP contribution is -2.81. The third kappa shape index (κ3) is 5.77. The molecule has 1 aromatic carbocycles. The van der Waals surface area contributed by atoms with Gasteiger partial charge in [0.05, 0.1) is 35.2 Å². The number of thiophene rings is 1. The number of anilines is 1. The van der Waals surface area contributed by atoms with E-state index in [1.165, 1.54) is 0 Å². The summed E-state index contributed by atoms with van der Waals surface area (Å²) < 4.78 is -0.436. The van der Waals surface area contributed by atoms with Crippen molar-refractivity contribution in [1.29, 1.82) is 0 Å². The van der Waals surface area contributed by atoms with Crippen molar-refractivity contribution >= 4 is 58.6 Å². The number of likely N-dealkylation sites (tertiary alicyclic amines) is 2. The molecule has 0 saturated carbocycles. The molecule has 3 atom stereocenters. The van der Waals surface area contributed by atoms with Crippen molar-refractivity contribution in [2.24, 2.45) is 0 Å². The second-order valence-electron chi connectivity index (χ2n) is 12.7. The topological polar surface area (TPSA) is 99.3 Å². The lowest BCUT2D eigenvalue weighted by molar-refractivity contribution is -0.956. The highest BCUT2D eigenvalue weighted by atomic mass is 35.5. The number of urea groups is 1. The monoisotopic (exact) mass is 662 g/mol. The molecule has 1 N–H and O–H groups in total. The number of carbonyl (C=O) groups is 3. The minimum Gasteiger partial charge on any atom is -0.498 e. The molecule has 0 spiro atoms. The fourth-order valence-corrected chi connectivity index (χ4v) is 9.21. The highest BCUT2D eigenvalue weighted by molar-refractivity contribution is 7.10. The minimum atomic E-state index is -1.22. The Kier molecular flexibility index (Phi) is 9.27. The average molecular weight is 664 g/mol. The SMILES string of the molecule is CN1CCC(N2CCN(C3(CC=O)CC(N4Cc5sccc5NC4=O)CC[N@+]3(Cc3ccc(Cl)c(Cl)c3)C(=O)[O-])CC2)CC1. The zero-order chi connectivity index (χ0) is 31.1. The number of benzene rings is 1. The number of hydrogen-bond donors (Lipinski definition) is 1. The molecule has 5 heterocycles. The Bertz CT molecular complexity index is 1390. The van der Waals surface area contributed by atoms with Gasteiger partial charge in [0.1, 0.15) is 12.8 Å². The lowest BCUT2D eigenvalue weighted by Gasteiger charge is -2.62. The first-order chi connectivity index (χ1) is 21.2. The molecule has 4 aliphatic rings. The van der Waals surface area contributed by atoms with Crippen molar-refractivity contribution < 1.29 is 24.0 Å². The maximum atomic E-state index is 13.5. The fourth-order valence-electron chi connectivity index (χ4n) is 8.07. The molecule has 10 nitrogen and oxygen atoms in total. The molecular formula is C31H40Cl2N6O4S. The van der Waals surface area contributed by atoms with Gasteiger partial charge in [-0.25, -0.2) is 9.69 Å². The number of nitrogens with one attached hydrogen (secondary N) is 1. The van der Waals surface area contributed by atoms with Crippen LogP contribution in [0.5, 0.6) is 0 Å². The zero-order valence-corrected chi connectivity index (χ0v) is 27.4. The van der Waals surface area contributed by atoms with Gasteiger partial charge in [0.25, 0.3) is 6.09 Å². The van der Waals surface area contributed by atoms with Gasteiger partial charge < -0.3 is 29.8 Å². The van der Waals surface area contributed by atoms with E-state index in [9.17, 15) is 19.5 Å². The molecule has 3 amide bonds. The van der Waals surface area contributed by atoms with Crippen molar-refractivity contribution in [3.63, 3.8) is 0 Å². The summed E-state index contributed by atoms with van der Waals surface area (Å²) in [6.07, 6.45) is 2.66. The van der Waals surface area contributed by atoms with Gasteiger partial charge in [0.2, 0.25) is 0 Å². The predicted octanol–water partition coefficient (Wildman–Crippen LogP) is 3.92. The Morgan fingerprint density at radius 2 is 1.84 bits per heavy atom. The van der Waals surface area contributed by atoms with Crippen LogP contribution in [0.2, 0.25) is 10.0 Å². The summed E-state index contributed by atoms with van der Waals surface area (Å²) in [7, 11) is 2.16. The molecule has 13 heteroatoms. The summed E-state index contributed by atoms with van der Waals surface area (Å²) >= 11 is 14.2. The number of hydrogen-bond acceptors (Lipinski definition) is 8. The Balaban J connectivity index is 1.35. The van der Waals surface area contributed by atoms with Crippen LogP contribution in [0.4, 0.5) is 15.3 Å². The normalized spacial score (nSPS) is 29.3. The number of amides is 3. The molecule has 0 aliphatic carbocycles. The number of aldehydes is 1. The Morgan fingerprint density at radius 3 is 2.52 bits per heavy atom. The zero-order valence-electron chi connectivity index (χ0n) is 25.1. The first-order valence-corrected chi connectivity index (χ1v) is 17.1. The minimum absolute atomic E-state index is 0.00668. The summed E-state index contributed by atoms with van der Waals surface area (Å²) in [5, 5.41) is 19.2. The Hall–Kier alpha value is -2.25. The first-order valence-electron chi connectivity index (χ1n) is 15.4. The third-order valence-electron chi connectivity index (χ3n) is 10.5. The van der Waals surface area contributed by atoms with Gasteiger partial charge in [-0.2, -0.15) is 0 Å². The summed E-state index contributed by atoms with van der Waals surface area (Å²) in [4.78, 5) is 49.5. The molecule has 1 aromatic heterocycles. The second-order valence-corrected chi connectivity index (χ2v) is 14.6. The molecule has 44 heavy (non-hydrogen) atoms. The molecule has 2 aromatic rings. The number of piperidine rings is 2. The van der Waals surface area contributed by atoms with E-state index in [0.717, 1.165) is 55.9 Å². The van der Waals surface area contributed by atoms with Crippen molar-refractivity contribution in [2.75, 3.05) is 58.2 Å². The molecule has 6 rings (SSSR count). The van der Waals surface area contributed by atoms with Gasteiger partial charge in [0, 0.05) is 61.5 Å². The van der Waals surface area contributed by atoms with Crippen LogP contribution in [0.25, 0.3) is 0 Å². The molecule has 3 fully saturated rings. The lowest BCUT2D eigenvalue weighted by atomic mass is 9.82. The van der Waals surface area contributed by atoms with E-state index >= 15 is 0 Å². The van der Waals surface area contributed by atoms with Gasteiger partial charge in [-0.1, -0.05) is 29.3 Å². The summed E-state index contributed by atoms with van der Waals surface area (Å²) in [5.41, 5.74) is 0.418. The third-order valence-corrected chi connectivity index (χ3v) is 12.2. The molecule has 0 radical (unpaired) electrons. The molecule has 2 unspecified atom stereocenters. The molecule has 4 aliphatic heterocycles. The smallest absolute Gasteiger partial charge is 0.322 e. The standard InChI is InChI=1S/C31H40Cl2N6O4S/c1-35-9-4-23(5-10-35)36-11-13-37(14-12-36)31(8-16-40)19-24(38-20-28-27(7-17-44-28)34-29(38)41)6-15-39(31,30(42)43)21-22-2-3-25(32)26(33)18-22/h2-3,7,16-18,23-24H,4-6,8-15,19-21H2,1H3,(H-,34,41,42,43)/t24?,31?,39-/m0/s1. The number of fused-ring (bicyclic) bond motifs is 1. The quantitative estimate of drug-likeness (QED) is 0.354.